The van der Waals surface area contributed by atoms with Crippen molar-refractivity contribution in [2.24, 2.45) is 11.7 Å². The summed E-state index contributed by atoms with van der Waals surface area (Å²) >= 11 is 3.08. The smallest absolute Gasteiger partial charge is 0.330 e. The summed E-state index contributed by atoms with van der Waals surface area (Å²) in [6.07, 6.45) is 1.31. The molecule has 3 N–H and O–H groups in total. The highest BCUT2D eigenvalue weighted by molar-refractivity contribution is 9.11. The minimum atomic E-state index is -0.817. The lowest BCUT2D eigenvalue weighted by Gasteiger charge is -2.17. The molecule has 9 nitrogen and oxygen atoms in total. The van der Waals surface area contributed by atoms with Gasteiger partial charge in [-0.05, 0) is 17.0 Å². The van der Waals surface area contributed by atoms with Crippen LogP contribution in [0, 0.1) is 5.92 Å². The van der Waals surface area contributed by atoms with Crippen molar-refractivity contribution in [1.29, 1.82) is 0 Å². The molecule has 0 bridgehead atoms. The number of carbonyl (C=O) groups is 1. The number of hydrogen-bond donors (Lipinski definition) is 2. The van der Waals surface area contributed by atoms with Gasteiger partial charge in [-0.15, -0.1) is 12.4 Å². The number of esters is 1. The topological polar surface area (TPSA) is 126 Å². The van der Waals surface area contributed by atoms with E-state index in [1.54, 1.807) is 0 Å². The second kappa shape index (κ2) is 10.0. The highest BCUT2D eigenvalue weighted by atomic mass is 79.9. The highest BCUT2D eigenvalue weighted by Crippen LogP contribution is 2.20. The van der Waals surface area contributed by atoms with Gasteiger partial charge in [0.1, 0.15) is 12.6 Å². The number of nitrogens with two attached hydrogens (primary N) is 1. The third-order valence-corrected chi connectivity index (χ3v) is 3.90. The number of ether oxygens (including phenoxy) is 3. The van der Waals surface area contributed by atoms with E-state index in [1.165, 1.54) is 21.8 Å². The van der Waals surface area contributed by atoms with Gasteiger partial charge in [0.05, 0.1) is 12.2 Å². The molecule has 3 atom stereocenters. The lowest BCUT2D eigenvalue weighted by Crippen LogP contribution is -2.38. The third kappa shape index (κ3) is 5.52. The number of nitrogens with one attached hydrogen (secondary N) is 1. The molecule has 146 valence electrons. The number of rotatable bonds is 6. The van der Waals surface area contributed by atoms with Gasteiger partial charge in [-0.1, -0.05) is 29.8 Å². The second-order valence-corrected chi connectivity index (χ2v) is 6.33. The third-order valence-electron chi connectivity index (χ3n) is 3.63. The average molecular weight is 455 g/mol. The maximum atomic E-state index is 12.0. The first-order chi connectivity index (χ1) is 11.8. The molecule has 11 heteroatoms. The molecule has 1 aliphatic rings. The first kappa shape index (κ1) is 22.6. The van der Waals surface area contributed by atoms with Crippen molar-refractivity contribution in [3.8, 4) is 0 Å². The van der Waals surface area contributed by atoms with Gasteiger partial charge < -0.3 is 19.9 Å². The van der Waals surface area contributed by atoms with E-state index in [4.69, 9.17) is 19.9 Å². The standard InChI is InChI=1S/C15H20BrN3O6.ClH/c1-8(2)12(17)14(21)24-7-11-23-6-10(25-11)19-5-9(3-4-16)13(20)18-15(19)22;/h3-5,8,10-12H,6-7,17H2,1-2H3,(H,18,20,22);1H/b4-3+;/t10-,11-,12+;/m0./s1. The van der Waals surface area contributed by atoms with Crippen LogP contribution in [0.15, 0.2) is 20.8 Å². The van der Waals surface area contributed by atoms with Gasteiger partial charge in [-0.2, -0.15) is 0 Å². The van der Waals surface area contributed by atoms with E-state index < -0.39 is 35.8 Å². The molecule has 1 saturated heterocycles. The van der Waals surface area contributed by atoms with Gasteiger partial charge in [0.15, 0.2) is 12.5 Å². The lowest BCUT2D eigenvalue weighted by atomic mass is 10.1. The van der Waals surface area contributed by atoms with Crippen molar-refractivity contribution in [2.45, 2.75) is 32.4 Å². The number of nitrogens with zero attached hydrogens (tertiary/aromatic N) is 1. The van der Waals surface area contributed by atoms with Gasteiger partial charge >= 0.3 is 11.7 Å². The molecule has 2 heterocycles. The van der Waals surface area contributed by atoms with E-state index in [1.807, 2.05) is 13.8 Å². The summed E-state index contributed by atoms with van der Waals surface area (Å²) in [6, 6.07) is -0.724. The molecular weight excluding hydrogens is 434 g/mol. The fraction of sp³-hybridized carbons (Fsp3) is 0.533. The Morgan fingerprint density at radius 1 is 1.54 bits per heavy atom. The van der Waals surface area contributed by atoms with Crippen molar-refractivity contribution in [2.75, 3.05) is 13.2 Å². The number of aromatic nitrogens is 2. The zero-order valence-corrected chi connectivity index (χ0v) is 16.6. The monoisotopic (exact) mass is 453 g/mol. The fourth-order valence-corrected chi connectivity index (χ4v) is 2.38. The summed E-state index contributed by atoms with van der Waals surface area (Å²) in [5.41, 5.74) is 4.84. The minimum absolute atomic E-state index is 0. The largest absolute Gasteiger partial charge is 0.459 e. The number of H-pyrrole nitrogens is 1. The van der Waals surface area contributed by atoms with Crippen molar-refractivity contribution < 1.29 is 19.0 Å². The van der Waals surface area contributed by atoms with Crippen molar-refractivity contribution in [3.05, 3.63) is 37.6 Å². The number of hydrogen-bond acceptors (Lipinski definition) is 7. The SMILES string of the molecule is CC(C)[C@@H](N)C(=O)OC[C@H]1OC[C@@H](n2cc(/C=C/Br)c(=O)[nH]c2=O)O1.Cl. The fourth-order valence-electron chi connectivity index (χ4n) is 2.10. The molecule has 2 rings (SSSR count). The van der Waals surface area contributed by atoms with Crippen LogP contribution in [0.1, 0.15) is 25.6 Å². The molecule has 1 aliphatic heterocycles. The van der Waals surface area contributed by atoms with Crippen LogP contribution >= 0.6 is 28.3 Å². The van der Waals surface area contributed by atoms with Gasteiger partial charge in [-0.25, -0.2) is 4.79 Å². The van der Waals surface area contributed by atoms with Crippen LogP contribution in [0.4, 0.5) is 0 Å². The van der Waals surface area contributed by atoms with Crippen LogP contribution in [0.2, 0.25) is 0 Å². The van der Waals surface area contributed by atoms with Gasteiger partial charge in [0, 0.05) is 6.20 Å². The van der Waals surface area contributed by atoms with E-state index in [0.717, 1.165) is 0 Å². The summed E-state index contributed by atoms with van der Waals surface area (Å²) in [6.45, 7) is 3.56. The molecular formula is C15H21BrClN3O6. The Morgan fingerprint density at radius 2 is 2.23 bits per heavy atom. The predicted octanol–water partition coefficient (Wildman–Crippen LogP) is 0.722. The molecule has 0 saturated carbocycles. The number of halogens is 2. The molecule has 0 amide bonds. The predicted molar refractivity (Wildman–Crippen MR) is 100 cm³/mol. The highest BCUT2D eigenvalue weighted by Gasteiger charge is 2.30. The van der Waals surface area contributed by atoms with Crippen LogP contribution < -0.4 is 17.0 Å². The molecule has 0 aromatic carbocycles. The van der Waals surface area contributed by atoms with Gasteiger partial charge in [-0.3, -0.25) is 19.1 Å². The Morgan fingerprint density at radius 3 is 2.85 bits per heavy atom. The van der Waals surface area contributed by atoms with Crippen LogP contribution in [-0.4, -0.2) is 41.1 Å². The first-order valence-electron chi connectivity index (χ1n) is 7.65. The van der Waals surface area contributed by atoms with Crippen LogP contribution in [0.3, 0.4) is 0 Å². The molecule has 1 aromatic heterocycles. The zero-order valence-electron chi connectivity index (χ0n) is 14.2. The Kier molecular flexibility index (Phi) is 8.71. The average Bonchev–Trinajstić information content (AvgIpc) is 3.03. The quantitative estimate of drug-likeness (QED) is 0.607. The van der Waals surface area contributed by atoms with E-state index in [2.05, 4.69) is 20.9 Å². The number of aromatic amines is 1. The summed E-state index contributed by atoms with van der Waals surface area (Å²) in [5, 5.41) is 0. The molecule has 0 unspecified atom stereocenters. The van der Waals surface area contributed by atoms with E-state index in [9.17, 15) is 14.4 Å². The molecule has 0 aliphatic carbocycles. The first-order valence-corrected chi connectivity index (χ1v) is 8.56. The van der Waals surface area contributed by atoms with Crippen molar-refractivity contribution in [1.82, 2.24) is 9.55 Å². The molecule has 1 aromatic rings. The summed E-state index contributed by atoms with van der Waals surface area (Å²) in [5.74, 6) is -0.595. The molecule has 26 heavy (non-hydrogen) atoms. The molecule has 0 radical (unpaired) electrons. The van der Waals surface area contributed by atoms with E-state index in [-0.39, 0.29) is 37.1 Å². The zero-order chi connectivity index (χ0) is 18.6. The normalized spacial score (nSPS) is 21.0. The van der Waals surface area contributed by atoms with Crippen LogP contribution in [0.25, 0.3) is 6.08 Å². The lowest BCUT2D eigenvalue weighted by molar-refractivity contribution is -0.161. The van der Waals surface area contributed by atoms with Crippen LogP contribution in [-0.2, 0) is 19.0 Å². The maximum Gasteiger partial charge on any atom is 0.330 e. The second-order valence-electron chi connectivity index (χ2n) is 5.80. The van der Waals surface area contributed by atoms with Crippen molar-refractivity contribution >= 4 is 40.4 Å². The molecule has 0 spiro atoms. The summed E-state index contributed by atoms with van der Waals surface area (Å²) in [4.78, 5) is 39.1. The van der Waals surface area contributed by atoms with E-state index in [0.29, 0.717) is 0 Å². The van der Waals surface area contributed by atoms with E-state index >= 15 is 0 Å². The number of carbonyl (C=O) groups excluding carboxylic acids is 1. The van der Waals surface area contributed by atoms with Crippen LogP contribution in [0.5, 0.6) is 0 Å². The molecule has 1 fully saturated rings. The Hall–Kier alpha value is -1.46. The van der Waals surface area contributed by atoms with Gasteiger partial charge in [0.25, 0.3) is 5.56 Å². The van der Waals surface area contributed by atoms with Gasteiger partial charge in [0.2, 0.25) is 0 Å². The van der Waals surface area contributed by atoms with Crippen molar-refractivity contribution in [3.63, 3.8) is 0 Å². The minimum Gasteiger partial charge on any atom is -0.459 e. The summed E-state index contributed by atoms with van der Waals surface area (Å²) in [7, 11) is 0. The summed E-state index contributed by atoms with van der Waals surface area (Å²) < 4.78 is 17.2. The Balaban J connectivity index is 0.00000338. The maximum absolute atomic E-state index is 12.0. The Labute approximate surface area is 164 Å². The Bertz CT molecular complexity index is 762.